The first-order valence-electron chi connectivity index (χ1n) is 9.14. The third kappa shape index (κ3) is 3.36. The number of hydrogen-bond acceptors (Lipinski definition) is 2. The fourth-order valence-corrected chi connectivity index (χ4v) is 4.14. The highest BCUT2D eigenvalue weighted by Gasteiger charge is 2.33. The number of hydrogen-bond donors (Lipinski definition) is 0. The van der Waals surface area contributed by atoms with Crippen LogP contribution in [0.4, 0.5) is 0 Å². The molecular weight excluding hydrogens is 274 g/mol. The molecular formula is C18H29N3O. The highest BCUT2D eigenvalue weighted by molar-refractivity contribution is 5.94. The lowest BCUT2D eigenvalue weighted by atomic mass is 9.88. The Balaban J connectivity index is 1.80. The van der Waals surface area contributed by atoms with Crippen molar-refractivity contribution in [1.82, 2.24) is 14.7 Å². The molecule has 1 amide bonds. The Kier molecular flexibility index (Phi) is 5.16. The summed E-state index contributed by atoms with van der Waals surface area (Å²) in [4.78, 5) is 15.4. The summed E-state index contributed by atoms with van der Waals surface area (Å²) in [6, 6.07) is 0.906. The van der Waals surface area contributed by atoms with E-state index in [-0.39, 0.29) is 5.91 Å². The van der Waals surface area contributed by atoms with Crippen LogP contribution in [-0.2, 0) is 6.54 Å². The van der Waals surface area contributed by atoms with Gasteiger partial charge in [-0.2, -0.15) is 5.10 Å². The predicted molar refractivity (Wildman–Crippen MR) is 87.8 cm³/mol. The fraction of sp³-hybridized carbons (Fsp3) is 0.778. The van der Waals surface area contributed by atoms with Gasteiger partial charge in [0.1, 0.15) is 0 Å². The van der Waals surface area contributed by atoms with E-state index in [1.54, 1.807) is 6.20 Å². The number of rotatable bonds is 4. The summed E-state index contributed by atoms with van der Waals surface area (Å²) in [6.45, 7) is 2.88. The zero-order valence-corrected chi connectivity index (χ0v) is 13.8. The molecule has 1 aromatic rings. The van der Waals surface area contributed by atoms with Gasteiger partial charge in [-0.25, -0.2) is 0 Å². The molecule has 4 nitrogen and oxygen atoms in total. The van der Waals surface area contributed by atoms with E-state index < -0.39 is 0 Å². The van der Waals surface area contributed by atoms with Gasteiger partial charge in [0.2, 0.25) is 0 Å². The van der Waals surface area contributed by atoms with E-state index in [0.29, 0.717) is 12.1 Å². The van der Waals surface area contributed by atoms with Crippen LogP contribution in [0.1, 0.15) is 81.5 Å². The second-order valence-electron chi connectivity index (χ2n) is 6.88. The fourth-order valence-electron chi connectivity index (χ4n) is 4.14. The van der Waals surface area contributed by atoms with Crippen molar-refractivity contribution >= 4 is 5.91 Å². The maximum Gasteiger partial charge on any atom is 0.257 e. The van der Waals surface area contributed by atoms with Crippen molar-refractivity contribution in [3.63, 3.8) is 0 Å². The van der Waals surface area contributed by atoms with Gasteiger partial charge in [-0.15, -0.1) is 0 Å². The summed E-state index contributed by atoms with van der Waals surface area (Å²) in [5.41, 5.74) is 0.776. The van der Waals surface area contributed by atoms with Gasteiger partial charge in [-0.1, -0.05) is 38.5 Å². The largest absolute Gasteiger partial charge is 0.333 e. The smallest absolute Gasteiger partial charge is 0.257 e. The van der Waals surface area contributed by atoms with Crippen LogP contribution in [0.25, 0.3) is 0 Å². The van der Waals surface area contributed by atoms with E-state index >= 15 is 0 Å². The van der Waals surface area contributed by atoms with Crippen LogP contribution in [0.2, 0.25) is 0 Å². The van der Waals surface area contributed by atoms with E-state index in [4.69, 9.17) is 0 Å². The molecule has 2 aliphatic carbocycles. The molecule has 0 aromatic carbocycles. The Bertz CT molecular complexity index is 466. The van der Waals surface area contributed by atoms with Crippen LogP contribution in [-0.4, -0.2) is 32.7 Å². The molecule has 2 aliphatic rings. The Labute approximate surface area is 133 Å². The summed E-state index contributed by atoms with van der Waals surface area (Å²) in [7, 11) is 0. The Morgan fingerprint density at radius 1 is 1.09 bits per heavy atom. The summed E-state index contributed by atoms with van der Waals surface area (Å²) in [5.74, 6) is 0.221. The van der Waals surface area contributed by atoms with Gasteiger partial charge >= 0.3 is 0 Å². The van der Waals surface area contributed by atoms with Crippen molar-refractivity contribution in [2.24, 2.45) is 0 Å². The SMILES string of the molecule is CCn1cc(C(=O)N(C2CCCCC2)C2CCCCC2)cn1. The molecule has 0 saturated heterocycles. The third-order valence-electron chi connectivity index (χ3n) is 5.37. The van der Waals surface area contributed by atoms with Gasteiger partial charge in [0.15, 0.2) is 0 Å². The van der Waals surface area contributed by atoms with Crippen LogP contribution < -0.4 is 0 Å². The predicted octanol–water partition coefficient (Wildman–Crippen LogP) is 4.01. The van der Waals surface area contributed by atoms with Crippen molar-refractivity contribution in [3.8, 4) is 0 Å². The maximum atomic E-state index is 13.1. The van der Waals surface area contributed by atoms with Crippen molar-refractivity contribution in [2.45, 2.75) is 89.8 Å². The lowest BCUT2D eigenvalue weighted by Gasteiger charge is -2.41. The normalized spacial score (nSPS) is 21.0. The molecule has 0 radical (unpaired) electrons. The first kappa shape index (κ1) is 15.6. The zero-order chi connectivity index (χ0) is 15.4. The standard InChI is InChI=1S/C18H29N3O/c1-2-20-14-15(13-19-20)18(22)21(16-9-5-3-6-10-16)17-11-7-4-8-12-17/h13-14,16-17H,2-12H2,1H3. The highest BCUT2D eigenvalue weighted by atomic mass is 16.2. The van der Waals surface area contributed by atoms with E-state index in [0.717, 1.165) is 12.1 Å². The summed E-state index contributed by atoms with van der Waals surface area (Å²) in [5, 5.41) is 4.30. The van der Waals surface area contributed by atoms with E-state index in [9.17, 15) is 4.79 Å². The van der Waals surface area contributed by atoms with Gasteiger partial charge < -0.3 is 4.90 Å². The Hall–Kier alpha value is -1.32. The third-order valence-corrected chi connectivity index (χ3v) is 5.37. The molecule has 122 valence electrons. The van der Waals surface area contributed by atoms with Gasteiger partial charge in [-0.3, -0.25) is 9.48 Å². The Morgan fingerprint density at radius 2 is 1.64 bits per heavy atom. The number of nitrogens with zero attached hydrogens (tertiary/aromatic N) is 3. The van der Waals surface area contributed by atoms with Crippen LogP contribution in [0.3, 0.4) is 0 Å². The molecule has 0 bridgehead atoms. The number of carbonyl (C=O) groups is 1. The van der Waals surface area contributed by atoms with Crippen molar-refractivity contribution < 1.29 is 4.79 Å². The number of amides is 1. The van der Waals surface area contributed by atoms with Gasteiger partial charge in [-0.05, 0) is 32.6 Å². The molecule has 0 N–H and O–H groups in total. The molecule has 22 heavy (non-hydrogen) atoms. The van der Waals surface area contributed by atoms with Crippen LogP contribution in [0.15, 0.2) is 12.4 Å². The van der Waals surface area contributed by atoms with Crippen molar-refractivity contribution in [1.29, 1.82) is 0 Å². The summed E-state index contributed by atoms with van der Waals surface area (Å²) < 4.78 is 1.85. The Morgan fingerprint density at radius 3 is 2.09 bits per heavy atom. The van der Waals surface area contributed by atoms with Crippen LogP contribution in [0.5, 0.6) is 0 Å². The number of aryl methyl sites for hydroxylation is 1. The molecule has 0 spiro atoms. The molecule has 4 heteroatoms. The molecule has 0 aliphatic heterocycles. The minimum atomic E-state index is 0.221. The highest BCUT2D eigenvalue weighted by Crippen LogP contribution is 2.31. The van der Waals surface area contributed by atoms with Gasteiger partial charge in [0.05, 0.1) is 11.8 Å². The van der Waals surface area contributed by atoms with E-state index in [2.05, 4.69) is 16.9 Å². The topological polar surface area (TPSA) is 38.1 Å². The first-order chi connectivity index (χ1) is 10.8. The summed E-state index contributed by atoms with van der Waals surface area (Å²) in [6.07, 6.45) is 16.2. The molecule has 2 saturated carbocycles. The van der Waals surface area contributed by atoms with E-state index in [1.165, 1.54) is 64.2 Å². The van der Waals surface area contributed by atoms with Crippen molar-refractivity contribution in [3.05, 3.63) is 18.0 Å². The average Bonchev–Trinajstić information content (AvgIpc) is 3.06. The average molecular weight is 303 g/mol. The van der Waals surface area contributed by atoms with Crippen LogP contribution in [0, 0.1) is 0 Å². The maximum absolute atomic E-state index is 13.1. The van der Waals surface area contributed by atoms with Gasteiger partial charge in [0, 0.05) is 24.8 Å². The first-order valence-corrected chi connectivity index (χ1v) is 9.14. The quantitative estimate of drug-likeness (QED) is 0.843. The molecule has 3 rings (SSSR count). The van der Waals surface area contributed by atoms with Gasteiger partial charge in [0.25, 0.3) is 5.91 Å². The molecule has 1 aromatic heterocycles. The second kappa shape index (κ2) is 7.30. The van der Waals surface area contributed by atoms with E-state index in [1.807, 2.05) is 10.9 Å². The lowest BCUT2D eigenvalue weighted by Crippen LogP contribution is -2.48. The molecule has 2 fully saturated rings. The number of aromatic nitrogens is 2. The zero-order valence-electron chi connectivity index (χ0n) is 13.8. The minimum Gasteiger partial charge on any atom is -0.333 e. The second-order valence-corrected chi connectivity index (χ2v) is 6.88. The summed E-state index contributed by atoms with van der Waals surface area (Å²) >= 11 is 0. The number of carbonyl (C=O) groups excluding carboxylic acids is 1. The molecule has 0 atom stereocenters. The minimum absolute atomic E-state index is 0.221. The molecule has 0 unspecified atom stereocenters. The van der Waals surface area contributed by atoms with Crippen molar-refractivity contribution in [2.75, 3.05) is 0 Å². The lowest BCUT2D eigenvalue weighted by molar-refractivity contribution is 0.0448. The molecule has 1 heterocycles. The van der Waals surface area contributed by atoms with Crippen LogP contribution >= 0.6 is 0 Å². The monoisotopic (exact) mass is 303 g/mol.